The molecule has 0 amide bonds. The van der Waals surface area contributed by atoms with Gasteiger partial charge in [-0.15, -0.1) is 0 Å². The Bertz CT molecular complexity index is 1230. The summed E-state index contributed by atoms with van der Waals surface area (Å²) in [6.45, 7) is 6.99. The van der Waals surface area contributed by atoms with Gasteiger partial charge in [0, 0.05) is 61.8 Å². The van der Waals surface area contributed by atoms with Crippen LogP contribution >= 0.6 is 0 Å². The van der Waals surface area contributed by atoms with E-state index in [-0.39, 0.29) is 35.7 Å². The monoisotopic (exact) mass is 559 g/mol. The summed E-state index contributed by atoms with van der Waals surface area (Å²) in [6.07, 6.45) is 11.6. The number of benzene rings is 1. The van der Waals surface area contributed by atoms with Crippen LogP contribution in [0.1, 0.15) is 92.0 Å². The molecule has 1 aliphatic carbocycles. The van der Waals surface area contributed by atoms with Gasteiger partial charge in [0.1, 0.15) is 6.10 Å². The summed E-state index contributed by atoms with van der Waals surface area (Å²) in [5.74, 6) is 1.47. The highest BCUT2D eigenvalue weighted by Crippen LogP contribution is 2.35. The Morgan fingerprint density at radius 2 is 1.93 bits per heavy atom. The van der Waals surface area contributed by atoms with Crippen molar-refractivity contribution in [3.05, 3.63) is 59.3 Å². The summed E-state index contributed by atoms with van der Waals surface area (Å²) in [5, 5.41) is 0. The summed E-state index contributed by atoms with van der Waals surface area (Å²) in [5.41, 5.74) is 2.51. The van der Waals surface area contributed by atoms with E-state index in [0.717, 1.165) is 56.2 Å². The lowest BCUT2D eigenvalue weighted by Gasteiger charge is -2.34. The van der Waals surface area contributed by atoms with E-state index in [2.05, 4.69) is 28.0 Å². The van der Waals surface area contributed by atoms with Gasteiger partial charge in [0.05, 0.1) is 12.1 Å². The third-order valence-corrected chi connectivity index (χ3v) is 8.91. The Labute approximate surface area is 244 Å². The van der Waals surface area contributed by atoms with Crippen LogP contribution in [-0.4, -0.2) is 60.9 Å². The van der Waals surface area contributed by atoms with Gasteiger partial charge in [-0.05, 0) is 75.3 Å². The largest absolute Gasteiger partial charge is 0.474 e. The van der Waals surface area contributed by atoms with Gasteiger partial charge in [-0.1, -0.05) is 38.1 Å². The predicted molar refractivity (Wildman–Crippen MR) is 164 cm³/mol. The number of Topliss-reactive ketones (excluding diaryl/α,β-unsaturated/α-hetero) is 2. The molecule has 1 aromatic carbocycles. The van der Waals surface area contributed by atoms with E-state index in [0.29, 0.717) is 36.1 Å². The standard InChI is InChI=1S/C34H45N3O4/c1-5-30(24(3)40-4)34(39)27-14-17-37-33(22-27)41-29-12-10-23(2)25(21-29)11-13-32(38)31-9-7-6-8-26(31)20-28-15-16-35-18-19-36-28/h6-9,14,17-19,22-25,28-30H,5,10-13,15-16,20-21H2,1-4H3. The molecule has 6 unspecified atom stereocenters. The first-order valence-electron chi connectivity index (χ1n) is 15.2. The van der Waals surface area contributed by atoms with Crippen LogP contribution in [0.15, 0.2) is 52.6 Å². The first-order valence-corrected chi connectivity index (χ1v) is 15.2. The number of ether oxygens (including phenoxy) is 2. The maximum atomic E-state index is 13.4. The number of pyridine rings is 1. The molecule has 0 bridgehead atoms. The predicted octanol–water partition coefficient (Wildman–Crippen LogP) is 6.63. The topological polar surface area (TPSA) is 90.2 Å². The fourth-order valence-electron chi connectivity index (χ4n) is 6.20. The molecule has 1 fully saturated rings. The number of carbonyl (C=O) groups is 2. The second-order valence-corrected chi connectivity index (χ2v) is 11.6. The quantitative estimate of drug-likeness (QED) is 0.257. The summed E-state index contributed by atoms with van der Waals surface area (Å²) < 4.78 is 11.8. The fourth-order valence-corrected chi connectivity index (χ4v) is 6.20. The highest BCUT2D eigenvalue weighted by molar-refractivity contribution is 6.16. The second-order valence-electron chi connectivity index (χ2n) is 11.6. The van der Waals surface area contributed by atoms with Gasteiger partial charge in [-0.3, -0.25) is 19.6 Å². The lowest BCUT2D eigenvalue weighted by atomic mass is 9.76. The van der Waals surface area contributed by atoms with E-state index >= 15 is 0 Å². The van der Waals surface area contributed by atoms with Crippen molar-refractivity contribution in [3.8, 4) is 5.88 Å². The molecule has 41 heavy (non-hydrogen) atoms. The Balaban J connectivity index is 1.35. The molecule has 1 saturated carbocycles. The van der Waals surface area contributed by atoms with Gasteiger partial charge in [0.15, 0.2) is 11.6 Å². The molecule has 2 aromatic rings. The van der Waals surface area contributed by atoms with Crippen molar-refractivity contribution < 1.29 is 19.1 Å². The minimum absolute atomic E-state index is 0.0200. The first kappa shape index (κ1) is 30.8. The number of nitrogens with zero attached hydrogens (tertiary/aromatic N) is 3. The van der Waals surface area contributed by atoms with Crippen molar-refractivity contribution in [2.24, 2.45) is 27.7 Å². The first-order chi connectivity index (χ1) is 19.9. The summed E-state index contributed by atoms with van der Waals surface area (Å²) >= 11 is 0. The van der Waals surface area contributed by atoms with Gasteiger partial charge in [-0.25, -0.2) is 4.98 Å². The van der Waals surface area contributed by atoms with Gasteiger partial charge in [0.25, 0.3) is 0 Å². The number of aliphatic imine (C=N–C) groups is 2. The van der Waals surface area contributed by atoms with Crippen LogP contribution in [0.25, 0.3) is 0 Å². The lowest BCUT2D eigenvalue weighted by Crippen LogP contribution is -2.31. The zero-order valence-electron chi connectivity index (χ0n) is 25.0. The molecular formula is C34H45N3O4. The Morgan fingerprint density at radius 3 is 2.73 bits per heavy atom. The van der Waals surface area contributed by atoms with Crippen molar-refractivity contribution in [3.63, 3.8) is 0 Å². The van der Waals surface area contributed by atoms with Gasteiger partial charge >= 0.3 is 0 Å². The molecule has 0 saturated heterocycles. The van der Waals surface area contributed by atoms with Crippen molar-refractivity contribution in [2.75, 3.05) is 13.7 Å². The average molecular weight is 560 g/mol. The summed E-state index contributed by atoms with van der Waals surface area (Å²) in [7, 11) is 1.64. The van der Waals surface area contributed by atoms with Gasteiger partial charge in [0.2, 0.25) is 5.88 Å². The van der Waals surface area contributed by atoms with E-state index in [1.165, 1.54) is 0 Å². The number of hydrogen-bond donors (Lipinski definition) is 0. The number of carbonyl (C=O) groups excluding carboxylic acids is 2. The minimum atomic E-state index is -0.202. The maximum Gasteiger partial charge on any atom is 0.214 e. The van der Waals surface area contributed by atoms with E-state index in [9.17, 15) is 9.59 Å². The average Bonchev–Trinajstić information content (AvgIpc) is 3.26. The molecule has 0 N–H and O–H groups in total. The Kier molecular flexibility index (Phi) is 11.4. The third-order valence-electron chi connectivity index (χ3n) is 8.91. The van der Waals surface area contributed by atoms with Crippen molar-refractivity contribution in [1.82, 2.24) is 4.98 Å². The van der Waals surface area contributed by atoms with Crippen molar-refractivity contribution >= 4 is 24.0 Å². The molecule has 4 rings (SSSR count). The zero-order chi connectivity index (χ0) is 29.2. The van der Waals surface area contributed by atoms with Crippen molar-refractivity contribution in [1.29, 1.82) is 0 Å². The smallest absolute Gasteiger partial charge is 0.214 e. The Morgan fingerprint density at radius 1 is 1.10 bits per heavy atom. The molecule has 7 nitrogen and oxygen atoms in total. The Hall–Kier alpha value is -3.19. The van der Waals surface area contributed by atoms with E-state index in [4.69, 9.17) is 9.47 Å². The maximum absolute atomic E-state index is 13.4. The molecule has 7 heteroatoms. The van der Waals surface area contributed by atoms with Gasteiger partial charge < -0.3 is 9.47 Å². The summed E-state index contributed by atoms with van der Waals surface area (Å²) in [4.78, 5) is 39.8. The van der Waals surface area contributed by atoms with Crippen LogP contribution in [0.2, 0.25) is 0 Å². The highest BCUT2D eigenvalue weighted by Gasteiger charge is 2.30. The zero-order valence-corrected chi connectivity index (χ0v) is 25.0. The lowest BCUT2D eigenvalue weighted by molar-refractivity contribution is 0.0515. The minimum Gasteiger partial charge on any atom is -0.474 e. The molecule has 0 radical (unpaired) electrons. The number of hydrogen-bond acceptors (Lipinski definition) is 7. The molecule has 2 heterocycles. The molecular weight excluding hydrogens is 514 g/mol. The van der Waals surface area contributed by atoms with Crippen molar-refractivity contribution in [2.45, 2.75) is 90.4 Å². The molecule has 1 aliphatic heterocycles. The number of aromatic nitrogens is 1. The van der Waals surface area contributed by atoms with Crippen LogP contribution in [0.3, 0.4) is 0 Å². The second kappa shape index (κ2) is 15.2. The number of rotatable bonds is 13. The van der Waals surface area contributed by atoms with E-state index in [1.54, 1.807) is 37.9 Å². The van der Waals surface area contributed by atoms with Crippen LogP contribution in [0.4, 0.5) is 0 Å². The number of methoxy groups -OCH3 is 1. The van der Waals surface area contributed by atoms with Crippen LogP contribution in [0.5, 0.6) is 5.88 Å². The molecule has 6 atom stereocenters. The van der Waals surface area contributed by atoms with Crippen LogP contribution in [0, 0.1) is 17.8 Å². The molecule has 2 aliphatic rings. The molecule has 220 valence electrons. The SMILES string of the molecule is CCC(C(=O)c1ccnc(OC2CCC(C)C(CCC(=O)c3ccccc3CC3CCN=CC=N3)C2)c1)C(C)OC. The van der Waals surface area contributed by atoms with E-state index in [1.807, 2.05) is 32.0 Å². The molecule has 0 spiro atoms. The fraction of sp³-hybridized carbons (Fsp3) is 0.559. The van der Waals surface area contributed by atoms with Crippen LogP contribution in [-0.2, 0) is 11.2 Å². The van der Waals surface area contributed by atoms with Gasteiger partial charge in [-0.2, -0.15) is 0 Å². The third kappa shape index (κ3) is 8.41. The normalized spacial score (nSPS) is 23.9. The van der Waals surface area contributed by atoms with Crippen LogP contribution < -0.4 is 4.74 Å². The van der Waals surface area contributed by atoms with E-state index < -0.39 is 0 Å². The number of ketones is 2. The highest BCUT2D eigenvalue weighted by atomic mass is 16.5. The summed E-state index contributed by atoms with van der Waals surface area (Å²) in [6, 6.07) is 11.7. The molecule has 1 aromatic heterocycles.